The van der Waals surface area contributed by atoms with Gasteiger partial charge in [0.25, 0.3) is 0 Å². The second kappa shape index (κ2) is 5.59. The van der Waals surface area contributed by atoms with Crippen LogP contribution < -0.4 is 0 Å². The summed E-state index contributed by atoms with van der Waals surface area (Å²) in [6.45, 7) is 1.97. The highest BCUT2D eigenvalue weighted by molar-refractivity contribution is 7.91. The van der Waals surface area contributed by atoms with Gasteiger partial charge < -0.3 is 4.42 Å². The van der Waals surface area contributed by atoms with Gasteiger partial charge in [-0.1, -0.05) is 29.3 Å². The number of nitrogens with zero attached hydrogens (tertiary/aromatic N) is 1. The number of hydrogen-bond donors (Lipinski definition) is 0. The standard InChI is InChI=1S/C16H12ClNO3S/c1-11-2-4-12(5-3-11)16-18-10-15(21-16)22(19,20)14-8-6-13(17)7-9-14/h2-10H,1H3. The molecule has 2 aromatic carbocycles. The van der Waals surface area contributed by atoms with Crippen molar-refractivity contribution >= 4 is 21.4 Å². The summed E-state index contributed by atoms with van der Waals surface area (Å²) in [5, 5.41) is 0.280. The van der Waals surface area contributed by atoms with Crippen molar-refractivity contribution in [1.82, 2.24) is 4.98 Å². The lowest BCUT2D eigenvalue weighted by atomic mass is 10.1. The highest BCUT2D eigenvalue weighted by Gasteiger charge is 2.23. The Morgan fingerprint density at radius 1 is 1.00 bits per heavy atom. The summed E-state index contributed by atoms with van der Waals surface area (Å²) in [6, 6.07) is 13.4. The summed E-state index contributed by atoms with van der Waals surface area (Å²) in [5.74, 6) is 0.271. The minimum Gasteiger partial charge on any atom is -0.424 e. The topological polar surface area (TPSA) is 60.2 Å². The van der Waals surface area contributed by atoms with Gasteiger partial charge in [0.2, 0.25) is 20.8 Å². The van der Waals surface area contributed by atoms with E-state index >= 15 is 0 Å². The van der Waals surface area contributed by atoms with E-state index in [1.807, 2.05) is 31.2 Å². The number of hydrogen-bond acceptors (Lipinski definition) is 4. The van der Waals surface area contributed by atoms with E-state index in [-0.39, 0.29) is 15.9 Å². The van der Waals surface area contributed by atoms with Crippen LogP contribution in [0.4, 0.5) is 0 Å². The van der Waals surface area contributed by atoms with E-state index in [4.69, 9.17) is 16.0 Å². The van der Waals surface area contributed by atoms with E-state index < -0.39 is 9.84 Å². The van der Waals surface area contributed by atoms with Crippen molar-refractivity contribution in [3.05, 3.63) is 65.3 Å². The molecular formula is C16H12ClNO3S. The van der Waals surface area contributed by atoms with Gasteiger partial charge in [0.05, 0.1) is 11.1 Å². The molecule has 0 bridgehead atoms. The first-order chi connectivity index (χ1) is 10.5. The zero-order chi connectivity index (χ0) is 15.7. The highest BCUT2D eigenvalue weighted by atomic mass is 35.5. The first-order valence-corrected chi connectivity index (χ1v) is 8.36. The third kappa shape index (κ3) is 2.77. The predicted octanol–water partition coefficient (Wildman–Crippen LogP) is 4.14. The first kappa shape index (κ1) is 14.8. The molecule has 6 heteroatoms. The Labute approximate surface area is 133 Å². The summed E-state index contributed by atoms with van der Waals surface area (Å²) in [7, 11) is -3.74. The Kier molecular flexibility index (Phi) is 3.76. The second-order valence-electron chi connectivity index (χ2n) is 4.81. The molecule has 0 N–H and O–H groups in total. The van der Waals surface area contributed by atoms with Crippen molar-refractivity contribution in [2.75, 3.05) is 0 Å². The van der Waals surface area contributed by atoms with Gasteiger partial charge in [-0.05, 0) is 43.3 Å². The third-order valence-corrected chi connectivity index (χ3v) is 5.03. The number of aryl methyl sites for hydroxylation is 1. The lowest BCUT2D eigenvalue weighted by Crippen LogP contribution is -2.00. The Morgan fingerprint density at radius 2 is 1.64 bits per heavy atom. The number of rotatable bonds is 3. The number of aromatic nitrogens is 1. The molecule has 1 aromatic heterocycles. The predicted molar refractivity (Wildman–Crippen MR) is 83.6 cm³/mol. The summed E-state index contributed by atoms with van der Waals surface area (Å²) in [4.78, 5) is 4.17. The average molecular weight is 334 g/mol. The molecule has 0 fully saturated rings. The molecule has 22 heavy (non-hydrogen) atoms. The molecular weight excluding hydrogens is 322 g/mol. The fourth-order valence-electron chi connectivity index (χ4n) is 1.94. The van der Waals surface area contributed by atoms with Crippen molar-refractivity contribution in [2.45, 2.75) is 16.9 Å². The highest BCUT2D eigenvalue weighted by Crippen LogP contribution is 2.26. The number of sulfone groups is 1. The zero-order valence-corrected chi connectivity index (χ0v) is 13.2. The maximum atomic E-state index is 12.5. The molecule has 112 valence electrons. The van der Waals surface area contributed by atoms with Crippen LogP contribution in [0.15, 0.2) is 69.1 Å². The van der Waals surface area contributed by atoms with E-state index in [2.05, 4.69) is 4.98 Å². The van der Waals surface area contributed by atoms with Crippen LogP contribution in [0.1, 0.15) is 5.56 Å². The van der Waals surface area contributed by atoms with Crippen molar-refractivity contribution in [3.63, 3.8) is 0 Å². The fraction of sp³-hybridized carbons (Fsp3) is 0.0625. The smallest absolute Gasteiger partial charge is 0.243 e. The Bertz CT molecular complexity index is 897. The van der Waals surface area contributed by atoms with E-state index in [0.29, 0.717) is 5.02 Å². The minimum atomic E-state index is -3.74. The molecule has 0 aliphatic carbocycles. The lowest BCUT2D eigenvalue weighted by molar-refractivity contribution is 0.458. The van der Waals surface area contributed by atoms with Gasteiger partial charge in [-0.2, -0.15) is 0 Å². The van der Waals surface area contributed by atoms with Crippen molar-refractivity contribution in [3.8, 4) is 11.5 Å². The molecule has 0 atom stereocenters. The van der Waals surface area contributed by atoms with E-state index in [1.54, 1.807) is 0 Å². The Balaban J connectivity index is 1.99. The molecule has 0 radical (unpaired) electrons. The van der Waals surface area contributed by atoms with E-state index in [1.165, 1.54) is 30.5 Å². The quantitative estimate of drug-likeness (QED) is 0.722. The van der Waals surface area contributed by atoms with E-state index in [9.17, 15) is 8.42 Å². The second-order valence-corrected chi connectivity index (χ2v) is 7.12. The normalized spacial score (nSPS) is 11.5. The van der Waals surface area contributed by atoms with Crippen LogP contribution in [0, 0.1) is 6.92 Å². The van der Waals surface area contributed by atoms with Crippen LogP contribution in [0.5, 0.6) is 0 Å². The molecule has 0 unspecified atom stereocenters. The summed E-state index contributed by atoms with van der Waals surface area (Å²) >= 11 is 5.77. The Morgan fingerprint density at radius 3 is 2.27 bits per heavy atom. The zero-order valence-electron chi connectivity index (χ0n) is 11.7. The minimum absolute atomic E-state index is 0.114. The molecule has 1 heterocycles. The van der Waals surface area contributed by atoms with Gasteiger partial charge in [0.15, 0.2) is 0 Å². The summed E-state index contributed by atoms with van der Waals surface area (Å²) in [6.07, 6.45) is 1.22. The molecule has 0 saturated heterocycles. The molecule has 3 rings (SSSR count). The van der Waals surface area contributed by atoms with Crippen molar-refractivity contribution in [1.29, 1.82) is 0 Å². The van der Waals surface area contributed by atoms with Crippen LogP contribution in [0.3, 0.4) is 0 Å². The number of halogens is 1. The average Bonchev–Trinajstić information content (AvgIpc) is 2.99. The molecule has 4 nitrogen and oxygen atoms in total. The SMILES string of the molecule is Cc1ccc(-c2ncc(S(=O)(=O)c3ccc(Cl)cc3)o2)cc1. The Hall–Kier alpha value is -2.11. The maximum absolute atomic E-state index is 12.5. The summed E-state index contributed by atoms with van der Waals surface area (Å²) in [5.41, 5.74) is 1.83. The van der Waals surface area contributed by atoms with Gasteiger partial charge in [-0.15, -0.1) is 0 Å². The van der Waals surface area contributed by atoms with Gasteiger partial charge in [0.1, 0.15) is 0 Å². The van der Waals surface area contributed by atoms with Crippen LogP contribution in [0.2, 0.25) is 5.02 Å². The van der Waals surface area contributed by atoms with Crippen molar-refractivity contribution in [2.24, 2.45) is 0 Å². The van der Waals surface area contributed by atoms with Crippen LogP contribution >= 0.6 is 11.6 Å². The van der Waals surface area contributed by atoms with Gasteiger partial charge in [-0.25, -0.2) is 13.4 Å². The number of benzene rings is 2. The largest absolute Gasteiger partial charge is 0.424 e. The molecule has 3 aromatic rings. The monoisotopic (exact) mass is 333 g/mol. The first-order valence-electron chi connectivity index (χ1n) is 6.50. The molecule has 0 saturated carbocycles. The molecule has 0 aliphatic heterocycles. The third-order valence-electron chi connectivity index (χ3n) is 3.17. The van der Waals surface area contributed by atoms with Crippen LogP contribution in [-0.4, -0.2) is 13.4 Å². The molecule has 0 amide bonds. The molecule has 0 spiro atoms. The van der Waals surface area contributed by atoms with Gasteiger partial charge in [0, 0.05) is 10.6 Å². The van der Waals surface area contributed by atoms with Gasteiger partial charge >= 0.3 is 0 Å². The van der Waals surface area contributed by atoms with Crippen LogP contribution in [0.25, 0.3) is 11.5 Å². The molecule has 0 aliphatic rings. The summed E-state index contributed by atoms with van der Waals surface area (Å²) < 4.78 is 30.4. The fourth-order valence-corrected chi connectivity index (χ4v) is 3.18. The number of oxazole rings is 1. The van der Waals surface area contributed by atoms with E-state index in [0.717, 1.165) is 11.1 Å². The van der Waals surface area contributed by atoms with Crippen molar-refractivity contribution < 1.29 is 12.8 Å². The maximum Gasteiger partial charge on any atom is 0.243 e. The van der Waals surface area contributed by atoms with Crippen LogP contribution in [-0.2, 0) is 9.84 Å². The lowest BCUT2D eigenvalue weighted by Gasteiger charge is -2.01. The van der Waals surface area contributed by atoms with Gasteiger partial charge in [-0.3, -0.25) is 0 Å².